The summed E-state index contributed by atoms with van der Waals surface area (Å²) in [4.78, 5) is 16.4. The molecule has 0 fully saturated rings. The van der Waals surface area contributed by atoms with Gasteiger partial charge in [-0.25, -0.2) is 4.98 Å². The monoisotopic (exact) mass is 956 g/mol. The van der Waals surface area contributed by atoms with Gasteiger partial charge in [0, 0.05) is 49.1 Å². The molecule has 0 saturated heterocycles. The number of rotatable bonds is 8. The van der Waals surface area contributed by atoms with Gasteiger partial charge >= 0.3 is 0 Å². The first-order valence-electron chi connectivity index (χ1n) is 25.4. The third kappa shape index (κ3) is 6.92. The SMILES string of the molecule is c1ccc(-c2ccc(-c3nc(-c4cccc(-c5ccccc5)c4)nc(-n4c5ccccc5c5cc(-n6c7ccccc7c7ccccc76)c6c7ccccc7n(-c7ccc(-c8ccccc8)cc7)c6c54)n3)cc2)cc1. The van der Waals surface area contributed by atoms with Gasteiger partial charge in [-0.1, -0.05) is 218 Å². The molecular weight excluding hydrogens is 913 g/mol. The quantitative estimate of drug-likeness (QED) is 0.152. The summed E-state index contributed by atoms with van der Waals surface area (Å²) in [6.45, 7) is 0. The van der Waals surface area contributed by atoms with Gasteiger partial charge in [-0.05, 0) is 81.9 Å². The van der Waals surface area contributed by atoms with Crippen molar-refractivity contribution in [3.63, 3.8) is 0 Å². The Morgan fingerprint density at radius 1 is 0.240 bits per heavy atom. The van der Waals surface area contributed by atoms with Crippen molar-refractivity contribution in [2.45, 2.75) is 0 Å². The van der Waals surface area contributed by atoms with Gasteiger partial charge in [-0.3, -0.25) is 4.57 Å². The highest BCUT2D eigenvalue weighted by molar-refractivity contribution is 6.27. The molecule has 0 N–H and O–H groups in total. The molecule has 0 unspecified atom stereocenters. The topological polar surface area (TPSA) is 53.5 Å². The summed E-state index contributed by atoms with van der Waals surface area (Å²) in [6, 6.07) is 95.2. The van der Waals surface area contributed by atoms with Crippen LogP contribution in [0, 0.1) is 0 Å². The maximum atomic E-state index is 5.56. The van der Waals surface area contributed by atoms with E-state index in [1.54, 1.807) is 0 Å². The molecule has 6 nitrogen and oxygen atoms in total. The van der Waals surface area contributed by atoms with E-state index in [0.717, 1.165) is 105 Å². The Balaban J connectivity index is 1.07. The first kappa shape index (κ1) is 42.5. The second kappa shape index (κ2) is 17.3. The molecule has 0 spiro atoms. The van der Waals surface area contributed by atoms with E-state index in [9.17, 15) is 0 Å². The first-order valence-corrected chi connectivity index (χ1v) is 25.4. The number of fused-ring (bicyclic) bond motifs is 10. The standard InChI is InChI=1S/C69H44N6/c1-4-19-45(20-5-1)48-35-37-50(38-36-48)67-70-68(52-26-18-25-51(43-52)47-23-8-3-9-24-47)72-69(71-67)75-61-33-16-12-29-56(61)58-44-63(74-59-31-14-10-27-54(59)55-28-11-15-32-60(55)74)64-57-30-13-17-34-62(57)73(66(64)65(58)75)53-41-39-49(40-42-53)46-21-6-2-7-22-46/h1-44H. The Hall–Kier alpha value is -10.2. The van der Waals surface area contributed by atoms with Crippen LogP contribution in [0.4, 0.5) is 0 Å². The van der Waals surface area contributed by atoms with E-state index in [1.165, 1.54) is 16.3 Å². The number of hydrogen-bond donors (Lipinski definition) is 0. The van der Waals surface area contributed by atoms with Crippen LogP contribution >= 0.6 is 0 Å². The van der Waals surface area contributed by atoms with Gasteiger partial charge in [0.1, 0.15) is 0 Å². The minimum absolute atomic E-state index is 0.528. The molecule has 0 aliphatic heterocycles. The van der Waals surface area contributed by atoms with E-state index < -0.39 is 0 Å². The molecule has 15 aromatic rings. The van der Waals surface area contributed by atoms with Gasteiger partial charge in [-0.2, -0.15) is 9.97 Å². The zero-order valence-electron chi connectivity index (χ0n) is 40.6. The Kier molecular flexibility index (Phi) is 9.78. The minimum atomic E-state index is 0.528. The van der Waals surface area contributed by atoms with Crippen molar-refractivity contribution in [2.75, 3.05) is 0 Å². The largest absolute Gasteiger partial charge is 0.309 e. The van der Waals surface area contributed by atoms with Gasteiger partial charge < -0.3 is 9.13 Å². The summed E-state index contributed by atoms with van der Waals surface area (Å²) < 4.78 is 7.24. The van der Waals surface area contributed by atoms with Crippen LogP contribution in [0.5, 0.6) is 0 Å². The Labute approximate surface area is 432 Å². The van der Waals surface area contributed by atoms with Gasteiger partial charge in [0.05, 0.1) is 38.8 Å². The highest BCUT2D eigenvalue weighted by Gasteiger charge is 2.27. The summed E-state index contributed by atoms with van der Waals surface area (Å²) >= 11 is 0. The lowest BCUT2D eigenvalue weighted by Gasteiger charge is -2.16. The molecule has 0 aliphatic rings. The molecule has 15 rings (SSSR count). The average molecular weight is 957 g/mol. The van der Waals surface area contributed by atoms with Gasteiger partial charge in [0.2, 0.25) is 5.95 Å². The Morgan fingerprint density at radius 3 is 1.21 bits per heavy atom. The zero-order valence-corrected chi connectivity index (χ0v) is 40.6. The van der Waals surface area contributed by atoms with Crippen LogP contribution in [-0.4, -0.2) is 28.7 Å². The van der Waals surface area contributed by atoms with E-state index in [-0.39, 0.29) is 0 Å². The fourth-order valence-corrected chi connectivity index (χ4v) is 11.5. The molecule has 0 saturated carbocycles. The highest BCUT2D eigenvalue weighted by Crippen LogP contribution is 2.47. The normalized spacial score (nSPS) is 11.7. The van der Waals surface area contributed by atoms with Crippen LogP contribution in [-0.2, 0) is 0 Å². The molecular formula is C69H44N6. The van der Waals surface area contributed by atoms with E-state index in [2.05, 4.69) is 275 Å². The van der Waals surface area contributed by atoms with Crippen molar-refractivity contribution in [1.29, 1.82) is 0 Å². The van der Waals surface area contributed by atoms with E-state index in [4.69, 9.17) is 15.0 Å². The lowest BCUT2D eigenvalue weighted by atomic mass is 10.0. The van der Waals surface area contributed by atoms with Crippen molar-refractivity contribution in [3.8, 4) is 73.5 Å². The van der Waals surface area contributed by atoms with Crippen LogP contribution in [0.3, 0.4) is 0 Å². The Bertz CT molecular complexity index is 4610. The second-order valence-corrected chi connectivity index (χ2v) is 19.2. The summed E-state index contributed by atoms with van der Waals surface area (Å²) in [5, 5.41) is 6.87. The maximum absolute atomic E-state index is 5.56. The smallest absolute Gasteiger partial charge is 0.238 e. The fraction of sp³-hybridized carbons (Fsp3) is 0. The van der Waals surface area contributed by atoms with Crippen LogP contribution in [0.2, 0.25) is 0 Å². The second-order valence-electron chi connectivity index (χ2n) is 19.2. The molecule has 4 aromatic heterocycles. The van der Waals surface area contributed by atoms with Crippen molar-refractivity contribution < 1.29 is 0 Å². The molecule has 0 atom stereocenters. The minimum Gasteiger partial charge on any atom is -0.309 e. The van der Waals surface area contributed by atoms with Crippen LogP contribution in [0.15, 0.2) is 267 Å². The lowest BCUT2D eigenvalue weighted by Crippen LogP contribution is -2.07. The van der Waals surface area contributed by atoms with Crippen molar-refractivity contribution in [1.82, 2.24) is 28.7 Å². The number of aromatic nitrogens is 6. The third-order valence-corrected chi connectivity index (χ3v) is 14.9. The van der Waals surface area contributed by atoms with Crippen molar-refractivity contribution in [3.05, 3.63) is 267 Å². The molecule has 0 radical (unpaired) electrons. The number of nitrogens with zero attached hydrogens (tertiary/aromatic N) is 6. The number of benzene rings is 11. The highest BCUT2D eigenvalue weighted by atomic mass is 15.2. The molecule has 350 valence electrons. The summed E-state index contributed by atoms with van der Waals surface area (Å²) in [5.41, 5.74) is 17.2. The van der Waals surface area contributed by atoms with Crippen LogP contribution in [0.25, 0.3) is 139 Å². The van der Waals surface area contributed by atoms with Crippen molar-refractivity contribution >= 4 is 65.4 Å². The molecule has 75 heavy (non-hydrogen) atoms. The molecule has 0 aliphatic carbocycles. The average Bonchev–Trinajstić information content (AvgIpc) is 4.32. The fourth-order valence-electron chi connectivity index (χ4n) is 11.5. The van der Waals surface area contributed by atoms with Crippen molar-refractivity contribution in [2.24, 2.45) is 0 Å². The van der Waals surface area contributed by atoms with Gasteiger partial charge in [-0.15, -0.1) is 0 Å². The molecule has 0 amide bonds. The molecule has 11 aromatic carbocycles. The predicted octanol–water partition coefficient (Wildman–Crippen LogP) is 17.5. The van der Waals surface area contributed by atoms with Gasteiger partial charge in [0.25, 0.3) is 0 Å². The summed E-state index contributed by atoms with van der Waals surface area (Å²) in [7, 11) is 0. The third-order valence-electron chi connectivity index (χ3n) is 14.9. The number of hydrogen-bond acceptors (Lipinski definition) is 3. The van der Waals surface area contributed by atoms with Gasteiger partial charge in [0.15, 0.2) is 11.6 Å². The van der Waals surface area contributed by atoms with E-state index >= 15 is 0 Å². The van der Waals surface area contributed by atoms with Crippen LogP contribution < -0.4 is 0 Å². The van der Waals surface area contributed by atoms with E-state index in [1.807, 2.05) is 6.07 Å². The number of para-hydroxylation sites is 4. The first-order chi connectivity index (χ1) is 37.2. The predicted molar refractivity (Wildman–Crippen MR) is 310 cm³/mol. The maximum Gasteiger partial charge on any atom is 0.238 e. The Morgan fingerprint density at radius 2 is 0.640 bits per heavy atom. The zero-order chi connectivity index (χ0) is 49.4. The summed E-state index contributed by atoms with van der Waals surface area (Å²) in [6.07, 6.45) is 0. The molecule has 0 bridgehead atoms. The lowest BCUT2D eigenvalue weighted by molar-refractivity contribution is 0.953. The summed E-state index contributed by atoms with van der Waals surface area (Å²) in [5.74, 6) is 1.70. The van der Waals surface area contributed by atoms with E-state index in [0.29, 0.717) is 17.6 Å². The van der Waals surface area contributed by atoms with Crippen LogP contribution in [0.1, 0.15) is 0 Å². The molecule has 6 heteroatoms. The molecule has 4 heterocycles.